The molecule has 2 aliphatic rings. The van der Waals surface area contributed by atoms with E-state index in [9.17, 15) is 10.1 Å². The number of carbonyl (C=O) groups is 1. The van der Waals surface area contributed by atoms with Crippen molar-refractivity contribution in [3.63, 3.8) is 0 Å². The average molecular weight is 476 g/mol. The molecule has 4 nitrogen and oxygen atoms in total. The number of thiophene rings is 1. The molecule has 30 heavy (non-hydrogen) atoms. The van der Waals surface area contributed by atoms with E-state index in [0.29, 0.717) is 45.5 Å². The van der Waals surface area contributed by atoms with Crippen molar-refractivity contribution >= 4 is 57.8 Å². The van der Waals surface area contributed by atoms with E-state index in [-0.39, 0.29) is 5.78 Å². The zero-order valence-corrected chi connectivity index (χ0v) is 19.4. The first-order chi connectivity index (χ1) is 14.5. The summed E-state index contributed by atoms with van der Waals surface area (Å²) in [6.45, 7) is 2.09. The maximum absolute atomic E-state index is 13.2. The van der Waals surface area contributed by atoms with E-state index in [1.165, 1.54) is 0 Å². The maximum Gasteiger partial charge on any atom is 0.161 e. The maximum atomic E-state index is 13.2. The van der Waals surface area contributed by atoms with Crippen LogP contribution in [-0.2, 0) is 4.79 Å². The van der Waals surface area contributed by atoms with Crippen LogP contribution in [0, 0.1) is 11.3 Å². The summed E-state index contributed by atoms with van der Waals surface area (Å²) in [5, 5.41) is 13.0. The van der Waals surface area contributed by atoms with Crippen molar-refractivity contribution in [2.45, 2.75) is 37.0 Å². The molecule has 1 aliphatic heterocycles. The molecule has 0 amide bonds. The van der Waals surface area contributed by atoms with E-state index in [0.717, 1.165) is 27.6 Å². The fourth-order valence-electron chi connectivity index (χ4n) is 4.11. The average Bonchev–Trinajstić information content (AvgIpc) is 3.14. The summed E-state index contributed by atoms with van der Waals surface area (Å²) in [6, 6.07) is 9.50. The number of anilines is 1. The van der Waals surface area contributed by atoms with E-state index in [1.807, 2.05) is 5.38 Å². The highest BCUT2D eigenvalue weighted by Gasteiger charge is 2.41. The smallest absolute Gasteiger partial charge is 0.161 e. The van der Waals surface area contributed by atoms with Crippen molar-refractivity contribution in [1.29, 1.82) is 5.26 Å². The third-order valence-electron chi connectivity index (χ3n) is 5.24. The van der Waals surface area contributed by atoms with Crippen LogP contribution in [0.25, 0.3) is 0 Å². The van der Waals surface area contributed by atoms with Crippen LogP contribution in [0.4, 0.5) is 5.69 Å². The number of thioether (sulfide) groups is 1. The summed E-state index contributed by atoms with van der Waals surface area (Å²) < 4.78 is 0. The van der Waals surface area contributed by atoms with E-state index in [1.54, 1.807) is 46.2 Å². The molecule has 4 rings (SSSR count). The number of hydrogen-bond donors (Lipinski definition) is 1. The highest BCUT2D eigenvalue weighted by Crippen LogP contribution is 2.49. The number of carbonyl (C=O) groups excluding carboxylic acids is 1. The molecule has 0 fully saturated rings. The number of ketones is 1. The molecular formula is C22H19Cl2N3OS2. The van der Waals surface area contributed by atoms with Gasteiger partial charge >= 0.3 is 0 Å². The number of allylic oxidation sites excluding steroid dienone is 3. The fraction of sp³-hybridized carbons (Fsp3) is 0.273. The third-order valence-corrected chi connectivity index (χ3v) is 7.74. The van der Waals surface area contributed by atoms with Crippen LogP contribution in [0.15, 0.2) is 57.2 Å². The molecular weight excluding hydrogens is 457 g/mol. The third kappa shape index (κ3) is 3.65. The van der Waals surface area contributed by atoms with Crippen molar-refractivity contribution in [3.05, 3.63) is 67.2 Å². The Morgan fingerprint density at radius 3 is 2.70 bits per heavy atom. The second-order valence-electron chi connectivity index (χ2n) is 7.03. The molecule has 0 bridgehead atoms. The minimum absolute atomic E-state index is 0.0699. The lowest BCUT2D eigenvalue weighted by Gasteiger charge is -2.39. The Kier molecular flexibility index (Phi) is 6.17. The predicted molar refractivity (Wildman–Crippen MR) is 125 cm³/mol. The standard InChI is InChI=1S/C22H19Cl2N3OS2/c1-2-29-18-6-7-30-21(18)19-15(11-25)22(26)27(14-9-12(23)8-13(24)10-14)16-4-3-5-17(28)20(16)19/h6-10,19H,2-5,26H2,1H3/t19-/m0/s1. The number of rotatable bonds is 4. The van der Waals surface area contributed by atoms with Crippen LogP contribution >= 0.6 is 46.3 Å². The lowest BCUT2D eigenvalue weighted by Crippen LogP contribution is -2.38. The van der Waals surface area contributed by atoms with Crippen molar-refractivity contribution < 1.29 is 4.79 Å². The van der Waals surface area contributed by atoms with Gasteiger partial charge in [-0.05, 0) is 48.2 Å². The number of nitriles is 1. The zero-order valence-electron chi connectivity index (χ0n) is 16.2. The van der Waals surface area contributed by atoms with Crippen LogP contribution in [-0.4, -0.2) is 11.5 Å². The minimum atomic E-state index is -0.433. The normalized spacial score (nSPS) is 19.2. The molecule has 0 unspecified atom stereocenters. The van der Waals surface area contributed by atoms with Crippen LogP contribution in [0.5, 0.6) is 0 Å². The topological polar surface area (TPSA) is 70.1 Å². The van der Waals surface area contributed by atoms with Gasteiger partial charge in [0, 0.05) is 37.5 Å². The number of hydrogen-bond acceptors (Lipinski definition) is 6. The van der Waals surface area contributed by atoms with Gasteiger partial charge in [-0.25, -0.2) is 0 Å². The Labute approximate surface area is 194 Å². The Morgan fingerprint density at radius 1 is 1.30 bits per heavy atom. The molecule has 2 N–H and O–H groups in total. The van der Waals surface area contributed by atoms with E-state index in [2.05, 4.69) is 19.1 Å². The first-order valence-electron chi connectivity index (χ1n) is 9.58. The molecule has 1 aromatic heterocycles. The molecule has 0 spiro atoms. The highest BCUT2D eigenvalue weighted by atomic mass is 35.5. The van der Waals surface area contributed by atoms with Gasteiger partial charge in [-0.1, -0.05) is 30.1 Å². The van der Waals surface area contributed by atoms with Gasteiger partial charge in [-0.3, -0.25) is 9.69 Å². The first kappa shape index (κ1) is 21.3. The first-order valence-corrected chi connectivity index (χ1v) is 12.2. The quantitative estimate of drug-likeness (QED) is 0.512. The molecule has 154 valence electrons. The Balaban J connectivity index is 1.97. The number of halogens is 2. The van der Waals surface area contributed by atoms with Crippen LogP contribution in [0.2, 0.25) is 10.0 Å². The lowest BCUT2D eigenvalue weighted by molar-refractivity contribution is -0.116. The van der Waals surface area contributed by atoms with Gasteiger partial charge in [0.15, 0.2) is 5.78 Å². The van der Waals surface area contributed by atoms with Crippen LogP contribution < -0.4 is 10.6 Å². The molecule has 1 atom stereocenters. The van der Waals surface area contributed by atoms with E-state index in [4.69, 9.17) is 28.9 Å². The summed E-state index contributed by atoms with van der Waals surface area (Å²) in [5.74, 6) is 0.873. The summed E-state index contributed by atoms with van der Waals surface area (Å²) in [7, 11) is 0. The van der Waals surface area contributed by atoms with E-state index >= 15 is 0 Å². The van der Waals surface area contributed by atoms with Gasteiger partial charge in [0.05, 0.1) is 23.2 Å². The highest BCUT2D eigenvalue weighted by molar-refractivity contribution is 7.99. The Morgan fingerprint density at radius 2 is 2.03 bits per heavy atom. The SMILES string of the molecule is CCSc1ccsc1[C@H]1C(C#N)=C(N)N(c2cc(Cl)cc(Cl)c2)C2=C1C(=O)CCC2. The van der Waals surface area contributed by atoms with Crippen molar-refractivity contribution in [2.24, 2.45) is 5.73 Å². The number of Topliss-reactive ketones (excluding diaryl/α,β-unsaturated/α-hetero) is 1. The molecule has 0 radical (unpaired) electrons. The molecule has 2 aromatic rings. The monoisotopic (exact) mass is 475 g/mol. The van der Waals surface area contributed by atoms with Gasteiger partial charge in [0.25, 0.3) is 0 Å². The fourth-order valence-corrected chi connectivity index (χ4v) is 6.67. The zero-order chi connectivity index (χ0) is 21.4. The van der Waals surface area contributed by atoms with Gasteiger partial charge in [0.1, 0.15) is 5.82 Å². The number of nitrogens with zero attached hydrogens (tertiary/aromatic N) is 2. The lowest BCUT2D eigenvalue weighted by atomic mass is 9.78. The summed E-state index contributed by atoms with van der Waals surface area (Å²) in [5.41, 5.74) is 9.15. The Bertz CT molecular complexity index is 1110. The largest absolute Gasteiger partial charge is 0.384 e. The molecule has 1 aromatic carbocycles. The van der Waals surface area contributed by atoms with Gasteiger partial charge < -0.3 is 5.73 Å². The summed E-state index contributed by atoms with van der Waals surface area (Å²) >= 11 is 15.8. The number of nitrogens with two attached hydrogens (primary N) is 1. The molecule has 2 heterocycles. The van der Waals surface area contributed by atoms with Crippen molar-refractivity contribution in [3.8, 4) is 6.07 Å². The van der Waals surface area contributed by atoms with Crippen molar-refractivity contribution in [2.75, 3.05) is 10.7 Å². The van der Waals surface area contributed by atoms with Crippen LogP contribution in [0.1, 0.15) is 37.0 Å². The van der Waals surface area contributed by atoms with E-state index < -0.39 is 5.92 Å². The number of benzene rings is 1. The van der Waals surface area contributed by atoms with Crippen molar-refractivity contribution in [1.82, 2.24) is 0 Å². The van der Waals surface area contributed by atoms with Gasteiger partial charge in [-0.15, -0.1) is 23.1 Å². The second-order valence-corrected chi connectivity index (χ2v) is 10.2. The molecule has 8 heteroatoms. The minimum Gasteiger partial charge on any atom is -0.384 e. The van der Waals surface area contributed by atoms with Gasteiger partial charge in [-0.2, -0.15) is 5.26 Å². The Hall–Kier alpha value is -1.91. The molecule has 0 saturated heterocycles. The summed E-state index contributed by atoms with van der Waals surface area (Å²) in [4.78, 5) is 17.1. The second kappa shape index (κ2) is 8.68. The summed E-state index contributed by atoms with van der Waals surface area (Å²) in [6.07, 6.45) is 1.91. The molecule has 0 saturated carbocycles. The molecule has 1 aliphatic carbocycles. The van der Waals surface area contributed by atoms with Crippen LogP contribution in [0.3, 0.4) is 0 Å². The predicted octanol–water partition coefficient (Wildman–Crippen LogP) is 6.47. The van der Waals surface area contributed by atoms with Gasteiger partial charge in [0.2, 0.25) is 0 Å².